The lowest BCUT2D eigenvalue weighted by Gasteiger charge is -2.07. The number of nitrogens with two attached hydrogens (primary N) is 1. The van der Waals surface area contributed by atoms with Crippen molar-refractivity contribution >= 4 is 22.5 Å². The van der Waals surface area contributed by atoms with Crippen molar-refractivity contribution < 1.29 is 0 Å². The Hall–Kier alpha value is -2.10. The molecule has 1 aliphatic rings. The molecular weight excluding hydrogens is 212 g/mol. The SMILES string of the molecule is NC(=NC1CC1)Nc1cccc2cccnc12. The second kappa shape index (κ2) is 4.05. The summed E-state index contributed by atoms with van der Waals surface area (Å²) in [6, 6.07) is 10.4. The molecule has 3 rings (SSSR count). The lowest BCUT2D eigenvalue weighted by Crippen LogP contribution is -2.23. The van der Waals surface area contributed by atoms with Crippen LogP contribution < -0.4 is 11.1 Å². The number of hydrogen-bond acceptors (Lipinski definition) is 2. The van der Waals surface area contributed by atoms with E-state index in [2.05, 4.69) is 15.3 Å². The average molecular weight is 226 g/mol. The molecule has 1 fully saturated rings. The third-order valence-electron chi connectivity index (χ3n) is 2.76. The second-order valence-corrected chi connectivity index (χ2v) is 4.25. The minimum atomic E-state index is 0.422. The molecule has 1 heterocycles. The highest BCUT2D eigenvalue weighted by atomic mass is 15.1. The first-order valence-electron chi connectivity index (χ1n) is 5.77. The Morgan fingerprint density at radius 3 is 2.94 bits per heavy atom. The molecule has 0 bridgehead atoms. The van der Waals surface area contributed by atoms with E-state index in [-0.39, 0.29) is 0 Å². The van der Waals surface area contributed by atoms with Crippen LogP contribution in [0.15, 0.2) is 41.5 Å². The van der Waals surface area contributed by atoms with Crippen molar-refractivity contribution in [3.05, 3.63) is 36.5 Å². The van der Waals surface area contributed by atoms with Gasteiger partial charge in [0, 0.05) is 11.6 Å². The maximum atomic E-state index is 5.85. The molecule has 0 amide bonds. The maximum Gasteiger partial charge on any atom is 0.193 e. The van der Waals surface area contributed by atoms with Gasteiger partial charge in [0.1, 0.15) is 0 Å². The third-order valence-corrected chi connectivity index (χ3v) is 2.76. The van der Waals surface area contributed by atoms with Crippen molar-refractivity contribution in [3.8, 4) is 0 Å². The van der Waals surface area contributed by atoms with Gasteiger partial charge < -0.3 is 11.1 Å². The summed E-state index contributed by atoms with van der Waals surface area (Å²) in [7, 11) is 0. The molecule has 2 aromatic rings. The van der Waals surface area contributed by atoms with E-state index in [9.17, 15) is 0 Å². The lowest BCUT2D eigenvalue weighted by atomic mass is 10.2. The minimum Gasteiger partial charge on any atom is -0.370 e. The fourth-order valence-corrected chi connectivity index (χ4v) is 1.78. The highest BCUT2D eigenvalue weighted by Gasteiger charge is 2.20. The van der Waals surface area contributed by atoms with Crippen LogP contribution in [0, 0.1) is 0 Å². The average Bonchev–Trinajstić information content (AvgIpc) is 3.13. The number of hydrogen-bond donors (Lipinski definition) is 2. The molecule has 1 aliphatic carbocycles. The fourth-order valence-electron chi connectivity index (χ4n) is 1.78. The maximum absolute atomic E-state index is 5.85. The topological polar surface area (TPSA) is 63.3 Å². The van der Waals surface area contributed by atoms with Crippen LogP contribution in [0.3, 0.4) is 0 Å². The highest BCUT2D eigenvalue weighted by Crippen LogP contribution is 2.24. The molecule has 3 N–H and O–H groups in total. The van der Waals surface area contributed by atoms with Gasteiger partial charge in [0.25, 0.3) is 0 Å². The van der Waals surface area contributed by atoms with Gasteiger partial charge in [-0.15, -0.1) is 0 Å². The zero-order chi connectivity index (χ0) is 11.7. The van der Waals surface area contributed by atoms with E-state index in [0.717, 1.165) is 29.4 Å². The van der Waals surface area contributed by atoms with E-state index in [1.807, 2.05) is 30.3 Å². The molecule has 17 heavy (non-hydrogen) atoms. The van der Waals surface area contributed by atoms with Crippen LogP contribution in [0.4, 0.5) is 5.69 Å². The molecule has 86 valence electrons. The van der Waals surface area contributed by atoms with Gasteiger partial charge in [0.15, 0.2) is 5.96 Å². The number of nitrogens with one attached hydrogen (secondary N) is 1. The summed E-state index contributed by atoms with van der Waals surface area (Å²) in [5.74, 6) is 0.477. The summed E-state index contributed by atoms with van der Waals surface area (Å²) in [6.45, 7) is 0. The molecule has 0 spiro atoms. The second-order valence-electron chi connectivity index (χ2n) is 4.25. The first-order valence-corrected chi connectivity index (χ1v) is 5.77. The summed E-state index contributed by atoms with van der Waals surface area (Å²) >= 11 is 0. The fraction of sp³-hybridized carbons (Fsp3) is 0.231. The molecule has 1 aromatic heterocycles. The van der Waals surface area contributed by atoms with Gasteiger partial charge in [0.05, 0.1) is 17.2 Å². The number of para-hydroxylation sites is 1. The molecule has 0 atom stereocenters. The number of fused-ring (bicyclic) bond motifs is 1. The van der Waals surface area contributed by atoms with Crippen molar-refractivity contribution in [2.24, 2.45) is 10.7 Å². The first-order chi connectivity index (χ1) is 8.33. The molecule has 1 saturated carbocycles. The zero-order valence-electron chi connectivity index (χ0n) is 9.43. The number of benzene rings is 1. The minimum absolute atomic E-state index is 0.422. The largest absolute Gasteiger partial charge is 0.370 e. The Morgan fingerprint density at radius 2 is 2.12 bits per heavy atom. The van der Waals surface area contributed by atoms with Gasteiger partial charge in [-0.1, -0.05) is 18.2 Å². The lowest BCUT2D eigenvalue weighted by molar-refractivity contribution is 1.06. The number of pyridine rings is 1. The predicted octanol–water partition coefficient (Wildman–Crippen LogP) is 2.12. The first kappa shape index (κ1) is 10.1. The Bertz CT molecular complexity index is 567. The summed E-state index contributed by atoms with van der Waals surface area (Å²) in [5, 5.41) is 4.22. The summed E-state index contributed by atoms with van der Waals surface area (Å²) in [4.78, 5) is 8.70. The van der Waals surface area contributed by atoms with Crippen molar-refractivity contribution in [2.75, 3.05) is 5.32 Å². The van der Waals surface area contributed by atoms with E-state index in [1.165, 1.54) is 0 Å². The Morgan fingerprint density at radius 1 is 1.29 bits per heavy atom. The summed E-state index contributed by atoms with van der Waals surface area (Å²) in [6.07, 6.45) is 4.08. The molecule has 0 aliphatic heterocycles. The molecule has 4 heteroatoms. The molecular formula is C13H14N4. The van der Waals surface area contributed by atoms with E-state index in [1.54, 1.807) is 6.20 Å². The molecule has 0 unspecified atom stereocenters. The van der Waals surface area contributed by atoms with E-state index in [0.29, 0.717) is 12.0 Å². The van der Waals surface area contributed by atoms with Crippen LogP contribution in [-0.2, 0) is 0 Å². The highest BCUT2D eigenvalue weighted by molar-refractivity contribution is 6.01. The van der Waals surface area contributed by atoms with E-state index >= 15 is 0 Å². The van der Waals surface area contributed by atoms with Crippen molar-refractivity contribution in [2.45, 2.75) is 18.9 Å². The van der Waals surface area contributed by atoms with Gasteiger partial charge >= 0.3 is 0 Å². The van der Waals surface area contributed by atoms with Crippen LogP contribution in [0.5, 0.6) is 0 Å². The van der Waals surface area contributed by atoms with E-state index < -0.39 is 0 Å². The third kappa shape index (κ3) is 2.20. The van der Waals surface area contributed by atoms with Crippen molar-refractivity contribution in [1.29, 1.82) is 0 Å². The normalized spacial score (nSPS) is 16.1. The van der Waals surface area contributed by atoms with Gasteiger partial charge in [-0.05, 0) is 25.0 Å². The Balaban J connectivity index is 1.94. The number of nitrogens with zero attached hydrogens (tertiary/aromatic N) is 2. The van der Waals surface area contributed by atoms with Gasteiger partial charge in [-0.3, -0.25) is 4.98 Å². The van der Waals surface area contributed by atoms with Crippen LogP contribution in [0.1, 0.15) is 12.8 Å². The number of guanidine groups is 1. The smallest absolute Gasteiger partial charge is 0.193 e. The van der Waals surface area contributed by atoms with Crippen LogP contribution in [0.2, 0.25) is 0 Å². The Kier molecular flexibility index (Phi) is 2.40. The Labute approximate surface area is 99.6 Å². The van der Waals surface area contributed by atoms with Gasteiger partial charge in [0.2, 0.25) is 0 Å². The standard InChI is InChI=1S/C13H14N4/c14-13(16-10-6-7-10)17-11-5-1-3-9-4-2-8-15-12(9)11/h1-5,8,10H,6-7H2,(H3,14,16,17). The van der Waals surface area contributed by atoms with Gasteiger partial charge in [-0.25, -0.2) is 4.99 Å². The molecule has 0 saturated heterocycles. The monoisotopic (exact) mass is 226 g/mol. The van der Waals surface area contributed by atoms with Crippen LogP contribution in [0.25, 0.3) is 10.9 Å². The van der Waals surface area contributed by atoms with Crippen molar-refractivity contribution in [1.82, 2.24) is 4.98 Å². The quantitative estimate of drug-likeness (QED) is 0.609. The molecule has 4 nitrogen and oxygen atoms in total. The summed E-state index contributed by atoms with van der Waals surface area (Å²) in [5.41, 5.74) is 7.68. The van der Waals surface area contributed by atoms with Crippen LogP contribution in [-0.4, -0.2) is 17.0 Å². The van der Waals surface area contributed by atoms with Gasteiger partial charge in [-0.2, -0.15) is 0 Å². The predicted molar refractivity (Wildman–Crippen MR) is 70.0 cm³/mol. The molecule has 0 radical (unpaired) electrons. The number of aromatic nitrogens is 1. The number of anilines is 1. The molecule has 1 aromatic carbocycles. The van der Waals surface area contributed by atoms with Crippen LogP contribution >= 0.6 is 0 Å². The zero-order valence-corrected chi connectivity index (χ0v) is 9.43. The van der Waals surface area contributed by atoms with Crippen molar-refractivity contribution in [3.63, 3.8) is 0 Å². The number of aliphatic imine (C=N–C) groups is 1. The summed E-state index contributed by atoms with van der Waals surface area (Å²) < 4.78 is 0. The number of rotatable bonds is 2. The van der Waals surface area contributed by atoms with E-state index in [4.69, 9.17) is 5.73 Å².